The van der Waals surface area contributed by atoms with Gasteiger partial charge in [-0.25, -0.2) is 0 Å². The van der Waals surface area contributed by atoms with Gasteiger partial charge in [-0.05, 0) is 18.2 Å². The quantitative estimate of drug-likeness (QED) is 0.849. The van der Waals surface area contributed by atoms with Crippen molar-refractivity contribution in [1.82, 2.24) is 0 Å². The van der Waals surface area contributed by atoms with E-state index in [4.69, 9.17) is 17.3 Å². The highest BCUT2D eigenvalue weighted by molar-refractivity contribution is 6.31. The summed E-state index contributed by atoms with van der Waals surface area (Å²) in [6.07, 6.45) is -4.58. The molecular formula is C8H7Cl3F3NO. The molecule has 0 aromatic heterocycles. The summed E-state index contributed by atoms with van der Waals surface area (Å²) in [6.45, 7) is 0. The van der Waals surface area contributed by atoms with Crippen LogP contribution in [0.5, 0.6) is 0 Å². The van der Waals surface area contributed by atoms with Crippen LogP contribution in [-0.2, 0) is 6.18 Å². The second kappa shape index (κ2) is 6.18. The zero-order valence-electron chi connectivity index (χ0n) is 7.55. The lowest BCUT2D eigenvalue weighted by Crippen LogP contribution is -2.13. The van der Waals surface area contributed by atoms with Crippen molar-refractivity contribution in [2.75, 3.05) is 0 Å². The summed E-state index contributed by atoms with van der Waals surface area (Å²) in [5.41, 5.74) is 3.55. The van der Waals surface area contributed by atoms with Gasteiger partial charge < -0.3 is 5.73 Å². The van der Waals surface area contributed by atoms with E-state index in [1.54, 1.807) is 0 Å². The third-order valence-electron chi connectivity index (χ3n) is 1.56. The maximum atomic E-state index is 12.3. The molecule has 1 aromatic rings. The molecule has 0 aliphatic carbocycles. The van der Waals surface area contributed by atoms with Crippen LogP contribution in [0, 0.1) is 0 Å². The molecule has 2 N–H and O–H groups in total. The Morgan fingerprint density at radius 2 is 1.75 bits per heavy atom. The van der Waals surface area contributed by atoms with Crippen molar-refractivity contribution >= 4 is 42.3 Å². The van der Waals surface area contributed by atoms with E-state index in [1.165, 1.54) is 0 Å². The van der Waals surface area contributed by atoms with Gasteiger partial charge in [-0.2, -0.15) is 13.2 Å². The molecule has 1 aromatic carbocycles. The van der Waals surface area contributed by atoms with Crippen LogP contribution in [0.15, 0.2) is 18.2 Å². The molecule has 1 amide bonds. The first-order valence-electron chi connectivity index (χ1n) is 3.49. The number of carbonyl (C=O) groups is 1. The fourth-order valence-corrected chi connectivity index (χ4v) is 1.12. The van der Waals surface area contributed by atoms with Crippen LogP contribution in [0.4, 0.5) is 13.2 Å². The Morgan fingerprint density at radius 3 is 2.12 bits per heavy atom. The Bertz CT molecular complexity index is 381. The van der Waals surface area contributed by atoms with Crippen molar-refractivity contribution in [1.29, 1.82) is 0 Å². The van der Waals surface area contributed by atoms with Gasteiger partial charge in [0.05, 0.1) is 10.6 Å². The molecule has 0 bridgehead atoms. The Balaban J connectivity index is 0. The molecule has 0 unspecified atom stereocenters. The number of hydrogen-bond acceptors (Lipinski definition) is 1. The van der Waals surface area contributed by atoms with Gasteiger partial charge in [0.2, 0.25) is 5.91 Å². The number of alkyl halides is 3. The average Bonchev–Trinajstić information content (AvgIpc) is 2.02. The van der Waals surface area contributed by atoms with Crippen molar-refractivity contribution in [2.45, 2.75) is 6.18 Å². The molecule has 0 heterocycles. The first kappa shape index (κ1) is 17.7. The van der Waals surface area contributed by atoms with Crippen molar-refractivity contribution in [3.8, 4) is 0 Å². The van der Waals surface area contributed by atoms with Gasteiger partial charge in [-0.1, -0.05) is 11.6 Å². The molecule has 0 aliphatic rings. The summed E-state index contributed by atoms with van der Waals surface area (Å²) in [5.74, 6) is -0.924. The van der Waals surface area contributed by atoms with E-state index >= 15 is 0 Å². The number of benzene rings is 1. The summed E-state index contributed by atoms with van der Waals surface area (Å²) in [5, 5.41) is -0.456. The molecule has 0 aliphatic heterocycles. The first-order valence-corrected chi connectivity index (χ1v) is 3.86. The third kappa shape index (κ3) is 4.08. The van der Waals surface area contributed by atoms with Gasteiger partial charge in [0, 0.05) is 5.56 Å². The van der Waals surface area contributed by atoms with Crippen LogP contribution in [0.3, 0.4) is 0 Å². The molecule has 0 saturated heterocycles. The molecule has 0 atom stereocenters. The van der Waals surface area contributed by atoms with E-state index in [0.29, 0.717) is 6.07 Å². The summed E-state index contributed by atoms with van der Waals surface area (Å²) in [4.78, 5) is 10.6. The summed E-state index contributed by atoms with van der Waals surface area (Å²) >= 11 is 5.31. The molecule has 8 heteroatoms. The molecule has 0 radical (unpaired) electrons. The van der Waals surface area contributed by atoms with E-state index in [2.05, 4.69) is 0 Å². The lowest BCUT2D eigenvalue weighted by molar-refractivity contribution is -0.137. The topological polar surface area (TPSA) is 43.1 Å². The van der Waals surface area contributed by atoms with E-state index < -0.39 is 22.7 Å². The molecule has 16 heavy (non-hydrogen) atoms. The number of primary amides is 1. The van der Waals surface area contributed by atoms with Crippen LogP contribution in [-0.4, -0.2) is 5.91 Å². The molecule has 0 spiro atoms. The molecule has 0 fully saturated rings. The van der Waals surface area contributed by atoms with Gasteiger partial charge in [0.15, 0.2) is 0 Å². The summed E-state index contributed by atoms with van der Waals surface area (Å²) in [6, 6.07) is 2.76. The predicted octanol–water partition coefficient (Wildman–Crippen LogP) is 3.30. The molecule has 2 nitrogen and oxygen atoms in total. The second-order valence-corrected chi connectivity index (χ2v) is 2.96. The van der Waals surface area contributed by atoms with Gasteiger partial charge in [-0.15, -0.1) is 24.8 Å². The minimum absolute atomic E-state index is 0. The number of halogens is 6. The number of amides is 1. The standard InChI is InChI=1S/C8H5ClF3NO.2ClH/c9-6-2-1-4(7(13)14)3-5(6)8(10,11)12;;/h1-3H,(H2,13,14);2*1H. The molecule has 92 valence electrons. The monoisotopic (exact) mass is 295 g/mol. The SMILES string of the molecule is Cl.Cl.NC(=O)c1ccc(Cl)c(C(F)(F)F)c1. The maximum Gasteiger partial charge on any atom is 0.417 e. The predicted molar refractivity (Wildman–Crippen MR) is 59.5 cm³/mol. The number of nitrogens with two attached hydrogens (primary N) is 1. The molecule has 1 rings (SSSR count). The number of hydrogen-bond donors (Lipinski definition) is 1. The van der Waals surface area contributed by atoms with Crippen LogP contribution < -0.4 is 5.73 Å². The third-order valence-corrected chi connectivity index (χ3v) is 1.89. The number of rotatable bonds is 1. The number of carbonyl (C=O) groups excluding carboxylic acids is 1. The summed E-state index contributed by atoms with van der Waals surface area (Å²) in [7, 11) is 0. The Kier molecular flexibility index (Phi) is 6.85. The van der Waals surface area contributed by atoms with Crippen molar-refractivity contribution in [2.24, 2.45) is 5.73 Å². The smallest absolute Gasteiger partial charge is 0.366 e. The van der Waals surface area contributed by atoms with E-state index in [1.807, 2.05) is 0 Å². The second-order valence-electron chi connectivity index (χ2n) is 2.56. The van der Waals surface area contributed by atoms with Gasteiger partial charge in [0.25, 0.3) is 0 Å². The minimum Gasteiger partial charge on any atom is -0.366 e. The molecular weight excluding hydrogens is 289 g/mol. The van der Waals surface area contributed by atoms with Crippen LogP contribution >= 0.6 is 36.4 Å². The van der Waals surface area contributed by atoms with Crippen LogP contribution in [0.2, 0.25) is 5.02 Å². The highest BCUT2D eigenvalue weighted by atomic mass is 35.5. The van der Waals surface area contributed by atoms with E-state index in [-0.39, 0.29) is 30.4 Å². The minimum atomic E-state index is -4.58. The first-order chi connectivity index (χ1) is 6.32. The van der Waals surface area contributed by atoms with Gasteiger partial charge >= 0.3 is 6.18 Å². The Morgan fingerprint density at radius 1 is 1.25 bits per heavy atom. The van der Waals surface area contributed by atoms with Gasteiger partial charge in [-0.3, -0.25) is 4.79 Å². The fourth-order valence-electron chi connectivity index (χ4n) is 0.896. The summed E-state index contributed by atoms with van der Waals surface area (Å²) < 4.78 is 36.8. The average molecular weight is 297 g/mol. The van der Waals surface area contributed by atoms with Crippen LogP contribution in [0.25, 0.3) is 0 Å². The van der Waals surface area contributed by atoms with Crippen molar-refractivity contribution < 1.29 is 18.0 Å². The molecule has 0 saturated carbocycles. The van der Waals surface area contributed by atoms with Crippen molar-refractivity contribution in [3.05, 3.63) is 34.3 Å². The Labute approximate surface area is 107 Å². The largest absolute Gasteiger partial charge is 0.417 e. The highest BCUT2D eigenvalue weighted by Gasteiger charge is 2.33. The van der Waals surface area contributed by atoms with Crippen molar-refractivity contribution in [3.63, 3.8) is 0 Å². The van der Waals surface area contributed by atoms with Crippen LogP contribution in [0.1, 0.15) is 15.9 Å². The normalized spacial score (nSPS) is 10.0. The lowest BCUT2D eigenvalue weighted by atomic mass is 10.1. The zero-order chi connectivity index (χ0) is 10.9. The maximum absolute atomic E-state index is 12.3. The zero-order valence-corrected chi connectivity index (χ0v) is 9.93. The Hall–Kier alpha value is -0.650. The highest BCUT2D eigenvalue weighted by Crippen LogP contribution is 2.34. The van der Waals surface area contributed by atoms with Gasteiger partial charge in [0.1, 0.15) is 0 Å². The van der Waals surface area contributed by atoms with E-state index in [9.17, 15) is 18.0 Å². The fraction of sp³-hybridized carbons (Fsp3) is 0.125. The lowest BCUT2D eigenvalue weighted by Gasteiger charge is -2.09. The van der Waals surface area contributed by atoms with E-state index in [0.717, 1.165) is 12.1 Å².